The third kappa shape index (κ3) is 3.71. The number of ketones is 2. The quantitative estimate of drug-likeness (QED) is 0.511. The summed E-state index contributed by atoms with van der Waals surface area (Å²) < 4.78 is 0. The molecule has 0 aromatic heterocycles. The Morgan fingerprint density at radius 2 is 1.41 bits per heavy atom. The molecule has 2 amide bonds. The lowest BCUT2D eigenvalue weighted by atomic mass is 9.84. The number of carbonyl (C=O) groups excluding carboxylic acids is 4. The summed E-state index contributed by atoms with van der Waals surface area (Å²) in [7, 11) is 0. The average molecular weight is 424 g/mol. The van der Waals surface area contributed by atoms with Gasteiger partial charge in [0.05, 0.1) is 0 Å². The Labute approximate surface area is 184 Å². The Bertz CT molecular complexity index is 1270. The second-order valence-corrected chi connectivity index (χ2v) is 8.11. The summed E-state index contributed by atoms with van der Waals surface area (Å²) in [6.45, 7) is 0.430. The van der Waals surface area contributed by atoms with Gasteiger partial charge in [-0.1, -0.05) is 36.4 Å². The van der Waals surface area contributed by atoms with Gasteiger partial charge in [0.1, 0.15) is 0 Å². The molecule has 2 N–H and O–H groups in total. The molecule has 0 atom stereocenters. The molecular formula is C26H20N2O4. The van der Waals surface area contributed by atoms with Crippen LogP contribution < -0.4 is 10.6 Å². The van der Waals surface area contributed by atoms with Gasteiger partial charge in [-0.3, -0.25) is 19.2 Å². The summed E-state index contributed by atoms with van der Waals surface area (Å²) in [5.41, 5.74) is 3.19. The zero-order valence-corrected chi connectivity index (χ0v) is 17.2. The summed E-state index contributed by atoms with van der Waals surface area (Å²) >= 11 is 0. The highest BCUT2D eigenvalue weighted by atomic mass is 16.2. The molecule has 1 fully saturated rings. The highest BCUT2D eigenvalue weighted by Gasteiger charge is 2.30. The summed E-state index contributed by atoms with van der Waals surface area (Å²) in [4.78, 5) is 50.0. The Morgan fingerprint density at radius 3 is 2.06 bits per heavy atom. The standard InChI is InChI=1S/C26H20N2O4/c29-23-19-3-1-2-4-20(19)24(30)22-13-18(11-12-21(22)23)28-26(32)17-7-5-15(6-8-17)14-27-25(31)16-9-10-16/h1-8,11-13,16H,9-10,14H2,(H,27,31)(H,28,32). The van der Waals surface area contributed by atoms with Gasteiger partial charge >= 0.3 is 0 Å². The molecule has 0 saturated heterocycles. The molecule has 32 heavy (non-hydrogen) atoms. The van der Waals surface area contributed by atoms with Crippen molar-refractivity contribution in [1.82, 2.24) is 5.32 Å². The maximum atomic E-state index is 12.9. The highest BCUT2D eigenvalue weighted by molar-refractivity contribution is 6.28. The van der Waals surface area contributed by atoms with Gasteiger partial charge in [-0.2, -0.15) is 0 Å². The second kappa shape index (κ2) is 7.89. The van der Waals surface area contributed by atoms with Gasteiger partial charge in [0, 0.05) is 46.0 Å². The fourth-order valence-electron chi connectivity index (χ4n) is 3.83. The van der Waals surface area contributed by atoms with Crippen LogP contribution in [0.15, 0.2) is 66.7 Å². The molecule has 6 nitrogen and oxygen atoms in total. The van der Waals surface area contributed by atoms with Gasteiger partial charge < -0.3 is 10.6 Å². The minimum absolute atomic E-state index is 0.0786. The van der Waals surface area contributed by atoms with Crippen molar-refractivity contribution in [3.05, 3.63) is 100 Å². The van der Waals surface area contributed by atoms with Gasteiger partial charge in [0.2, 0.25) is 5.91 Å². The van der Waals surface area contributed by atoms with E-state index >= 15 is 0 Å². The van der Waals surface area contributed by atoms with Crippen molar-refractivity contribution in [2.75, 3.05) is 5.32 Å². The SMILES string of the molecule is O=C(Nc1ccc2c(c1)C(=O)c1ccccc1C2=O)c1ccc(CNC(=O)C2CC2)cc1. The Kier molecular flexibility index (Phi) is 4.90. The third-order valence-corrected chi connectivity index (χ3v) is 5.81. The summed E-state index contributed by atoms with van der Waals surface area (Å²) in [5.74, 6) is -0.517. The lowest BCUT2D eigenvalue weighted by Crippen LogP contribution is -2.24. The van der Waals surface area contributed by atoms with E-state index in [1.165, 1.54) is 0 Å². The number of amides is 2. The molecule has 2 aliphatic rings. The summed E-state index contributed by atoms with van der Waals surface area (Å²) in [6, 6.07) is 18.5. The predicted molar refractivity (Wildman–Crippen MR) is 119 cm³/mol. The van der Waals surface area contributed by atoms with E-state index in [9.17, 15) is 19.2 Å². The fraction of sp³-hybridized carbons (Fsp3) is 0.154. The maximum absolute atomic E-state index is 12.9. The van der Waals surface area contributed by atoms with Crippen LogP contribution >= 0.6 is 0 Å². The van der Waals surface area contributed by atoms with Gasteiger partial charge in [-0.15, -0.1) is 0 Å². The first kappa shape index (κ1) is 19.9. The molecule has 3 aromatic carbocycles. The minimum Gasteiger partial charge on any atom is -0.352 e. The molecule has 0 unspecified atom stereocenters. The molecular weight excluding hydrogens is 404 g/mol. The van der Waals surface area contributed by atoms with E-state index < -0.39 is 0 Å². The lowest BCUT2D eigenvalue weighted by Gasteiger charge is -2.18. The van der Waals surface area contributed by atoms with Crippen molar-refractivity contribution >= 4 is 29.1 Å². The molecule has 1 saturated carbocycles. The average Bonchev–Trinajstić information content (AvgIpc) is 3.67. The van der Waals surface area contributed by atoms with Crippen LogP contribution in [0.2, 0.25) is 0 Å². The van der Waals surface area contributed by atoms with Crippen molar-refractivity contribution in [3.8, 4) is 0 Å². The van der Waals surface area contributed by atoms with Gasteiger partial charge in [-0.05, 0) is 48.7 Å². The number of anilines is 1. The smallest absolute Gasteiger partial charge is 0.255 e. The number of carbonyl (C=O) groups is 4. The van der Waals surface area contributed by atoms with Crippen LogP contribution in [-0.4, -0.2) is 23.4 Å². The molecule has 0 heterocycles. The third-order valence-electron chi connectivity index (χ3n) is 5.81. The van der Waals surface area contributed by atoms with Gasteiger partial charge in [0.25, 0.3) is 5.91 Å². The molecule has 0 spiro atoms. The van der Waals surface area contributed by atoms with Gasteiger partial charge in [-0.25, -0.2) is 0 Å². The largest absolute Gasteiger partial charge is 0.352 e. The first-order valence-corrected chi connectivity index (χ1v) is 10.5. The van der Waals surface area contributed by atoms with E-state index in [2.05, 4.69) is 10.6 Å². The number of rotatable bonds is 5. The molecule has 0 aliphatic heterocycles. The zero-order chi connectivity index (χ0) is 22.2. The molecule has 0 radical (unpaired) electrons. The van der Waals surface area contributed by atoms with E-state index in [0.717, 1.165) is 18.4 Å². The van der Waals surface area contributed by atoms with E-state index in [-0.39, 0.29) is 34.9 Å². The molecule has 3 aromatic rings. The zero-order valence-electron chi connectivity index (χ0n) is 17.2. The van der Waals surface area contributed by atoms with Crippen LogP contribution in [0.5, 0.6) is 0 Å². The normalized spacial score (nSPS) is 14.4. The van der Waals surface area contributed by atoms with Crippen LogP contribution in [0.1, 0.15) is 60.6 Å². The Hall–Kier alpha value is -4.06. The van der Waals surface area contributed by atoms with Crippen molar-refractivity contribution in [1.29, 1.82) is 0 Å². The molecule has 2 aliphatic carbocycles. The topological polar surface area (TPSA) is 92.3 Å². The Morgan fingerprint density at radius 1 is 0.781 bits per heavy atom. The summed E-state index contributed by atoms with van der Waals surface area (Å²) in [6.07, 6.45) is 1.92. The number of hydrogen-bond acceptors (Lipinski definition) is 4. The fourth-order valence-corrected chi connectivity index (χ4v) is 3.83. The van der Waals surface area contributed by atoms with Crippen LogP contribution in [0.4, 0.5) is 5.69 Å². The monoisotopic (exact) mass is 424 g/mol. The molecule has 5 rings (SSSR count). The van der Waals surface area contributed by atoms with E-state index in [0.29, 0.717) is 34.5 Å². The van der Waals surface area contributed by atoms with Crippen LogP contribution in [-0.2, 0) is 11.3 Å². The number of fused-ring (bicyclic) bond motifs is 2. The van der Waals surface area contributed by atoms with Crippen molar-refractivity contribution < 1.29 is 19.2 Å². The van der Waals surface area contributed by atoms with Crippen LogP contribution in [0.3, 0.4) is 0 Å². The van der Waals surface area contributed by atoms with Crippen molar-refractivity contribution in [2.24, 2.45) is 5.92 Å². The minimum atomic E-state index is -0.325. The second-order valence-electron chi connectivity index (χ2n) is 8.11. The van der Waals surface area contributed by atoms with Crippen LogP contribution in [0, 0.1) is 5.92 Å². The van der Waals surface area contributed by atoms with E-state index in [1.807, 2.05) is 0 Å². The number of benzene rings is 3. The molecule has 0 bridgehead atoms. The molecule has 6 heteroatoms. The lowest BCUT2D eigenvalue weighted by molar-refractivity contribution is -0.122. The first-order chi connectivity index (χ1) is 15.5. The number of hydrogen-bond donors (Lipinski definition) is 2. The Balaban J connectivity index is 1.29. The first-order valence-electron chi connectivity index (χ1n) is 10.5. The molecule has 158 valence electrons. The highest BCUT2D eigenvalue weighted by Crippen LogP contribution is 2.30. The summed E-state index contributed by atoms with van der Waals surface area (Å²) in [5, 5.41) is 5.68. The van der Waals surface area contributed by atoms with Crippen molar-refractivity contribution in [2.45, 2.75) is 19.4 Å². The number of nitrogens with one attached hydrogen (secondary N) is 2. The van der Waals surface area contributed by atoms with E-state index in [1.54, 1.807) is 66.7 Å². The van der Waals surface area contributed by atoms with Crippen LogP contribution in [0.25, 0.3) is 0 Å². The predicted octanol–water partition coefficient (Wildman–Crippen LogP) is 3.74. The van der Waals surface area contributed by atoms with E-state index in [4.69, 9.17) is 0 Å². The van der Waals surface area contributed by atoms with Gasteiger partial charge in [0.15, 0.2) is 11.6 Å². The maximum Gasteiger partial charge on any atom is 0.255 e. The van der Waals surface area contributed by atoms with Crippen molar-refractivity contribution in [3.63, 3.8) is 0 Å².